The first-order valence-electron chi connectivity index (χ1n) is 6.50. The number of carbonyl (C=O) groups is 1. The quantitative estimate of drug-likeness (QED) is 0.585. The number of rotatable bonds is 6. The van der Waals surface area contributed by atoms with Crippen molar-refractivity contribution in [3.8, 4) is 0 Å². The third-order valence-electron chi connectivity index (χ3n) is 2.80. The summed E-state index contributed by atoms with van der Waals surface area (Å²) in [4.78, 5) is 15.9. The molecule has 0 saturated heterocycles. The second-order valence-corrected chi connectivity index (χ2v) is 5.41. The summed E-state index contributed by atoms with van der Waals surface area (Å²) in [5, 5.41) is 0.988. The van der Waals surface area contributed by atoms with Gasteiger partial charge in [0.1, 0.15) is 5.03 Å². The first kappa shape index (κ1) is 13.8. The van der Waals surface area contributed by atoms with Gasteiger partial charge in [-0.15, -0.1) is 0 Å². The lowest BCUT2D eigenvalue weighted by Crippen LogP contribution is -1.94. The number of unbranched alkanes of at least 4 members (excludes halogenated alkanes) is 1. The van der Waals surface area contributed by atoms with Crippen LogP contribution in [0, 0.1) is 0 Å². The number of aromatic nitrogens is 1. The third kappa shape index (κ3) is 5.26. The van der Waals surface area contributed by atoms with Gasteiger partial charge in [0.05, 0.1) is 0 Å². The van der Waals surface area contributed by atoms with Crippen molar-refractivity contribution in [2.75, 3.05) is 0 Å². The smallest absolute Gasteiger partial charge is 0.195 e. The van der Waals surface area contributed by atoms with Crippen molar-refractivity contribution in [1.82, 2.24) is 4.98 Å². The summed E-state index contributed by atoms with van der Waals surface area (Å²) >= 11 is 1.24. The molecule has 0 fully saturated rings. The SMILES string of the molecule is O=C(CCCCc1ccccc1)Sc1ccccn1. The van der Waals surface area contributed by atoms with Crippen molar-refractivity contribution in [1.29, 1.82) is 0 Å². The molecule has 1 aromatic carbocycles. The minimum absolute atomic E-state index is 0.201. The molecule has 19 heavy (non-hydrogen) atoms. The Bertz CT molecular complexity index is 499. The Morgan fingerprint density at radius 2 is 1.79 bits per heavy atom. The predicted octanol–water partition coefficient (Wildman–Crippen LogP) is 4.11. The standard InChI is InChI=1S/C16H17NOS/c18-16(19-15-11-6-7-13-17-15)12-5-4-10-14-8-2-1-3-9-14/h1-3,6-9,11,13H,4-5,10,12H2. The van der Waals surface area contributed by atoms with Crippen molar-refractivity contribution in [2.24, 2.45) is 0 Å². The largest absolute Gasteiger partial charge is 0.287 e. The van der Waals surface area contributed by atoms with E-state index < -0.39 is 0 Å². The van der Waals surface area contributed by atoms with E-state index in [1.54, 1.807) is 6.20 Å². The van der Waals surface area contributed by atoms with Crippen molar-refractivity contribution < 1.29 is 4.79 Å². The van der Waals surface area contributed by atoms with Crippen molar-refractivity contribution in [3.05, 3.63) is 60.3 Å². The molecule has 0 saturated carbocycles. The minimum Gasteiger partial charge on any atom is -0.287 e. The van der Waals surface area contributed by atoms with E-state index in [4.69, 9.17) is 0 Å². The summed E-state index contributed by atoms with van der Waals surface area (Å²) in [6.07, 6.45) is 5.37. The summed E-state index contributed by atoms with van der Waals surface area (Å²) in [6.45, 7) is 0. The minimum atomic E-state index is 0.201. The first-order chi connectivity index (χ1) is 9.34. The number of benzene rings is 1. The maximum Gasteiger partial charge on any atom is 0.195 e. The van der Waals surface area contributed by atoms with E-state index >= 15 is 0 Å². The third-order valence-corrected chi connectivity index (χ3v) is 3.68. The molecule has 0 amide bonds. The molecule has 98 valence electrons. The number of pyridine rings is 1. The Balaban J connectivity index is 1.65. The number of hydrogen-bond donors (Lipinski definition) is 0. The average molecular weight is 271 g/mol. The molecule has 0 radical (unpaired) electrons. The molecule has 0 spiro atoms. The molecule has 2 nitrogen and oxygen atoms in total. The summed E-state index contributed by atoms with van der Waals surface area (Å²) in [5.74, 6) is 0. The number of nitrogens with zero attached hydrogens (tertiary/aromatic N) is 1. The molecule has 3 heteroatoms. The lowest BCUT2D eigenvalue weighted by atomic mass is 10.1. The van der Waals surface area contributed by atoms with Gasteiger partial charge in [0.2, 0.25) is 0 Å². The first-order valence-corrected chi connectivity index (χ1v) is 7.32. The number of carbonyl (C=O) groups excluding carboxylic acids is 1. The van der Waals surface area contributed by atoms with E-state index in [-0.39, 0.29) is 5.12 Å². The molecule has 0 bridgehead atoms. The van der Waals surface area contributed by atoms with Crippen LogP contribution in [0.15, 0.2) is 59.8 Å². The zero-order valence-electron chi connectivity index (χ0n) is 10.8. The van der Waals surface area contributed by atoms with E-state index in [1.807, 2.05) is 24.3 Å². The molecule has 2 rings (SSSR count). The lowest BCUT2D eigenvalue weighted by Gasteiger charge is -2.01. The van der Waals surface area contributed by atoms with Gasteiger partial charge in [-0.1, -0.05) is 36.4 Å². The molecule has 0 aliphatic rings. The molecule has 1 aromatic heterocycles. The molecule has 1 heterocycles. The highest BCUT2D eigenvalue weighted by Crippen LogP contribution is 2.18. The molecular formula is C16H17NOS. The van der Waals surface area contributed by atoms with Crippen LogP contribution < -0.4 is 0 Å². The molecule has 2 aromatic rings. The Hall–Kier alpha value is -1.61. The van der Waals surface area contributed by atoms with Crippen LogP contribution in [0.1, 0.15) is 24.8 Å². The van der Waals surface area contributed by atoms with Gasteiger partial charge in [-0.2, -0.15) is 0 Å². The number of aryl methyl sites for hydroxylation is 1. The summed E-state index contributed by atoms with van der Waals surface area (Å²) in [7, 11) is 0. The molecule has 0 unspecified atom stereocenters. The molecule has 0 atom stereocenters. The van der Waals surface area contributed by atoms with Crippen LogP contribution in [0.2, 0.25) is 0 Å². The van der Waals surface area contributed by atoms with Crippen LogP contribution >= 0.6 is 11.8 Å². The maximum atomic E-state index is 11.7. The number of thioether (sulfide) groups is 1. The van der Waals surface area contributed by atoms with Gasteiger partial charge in [-0.25, -0.2) is 4.98 Å². The highest BCUT2D eigenvalue weighted by atomic mass is 32.2. The topological polar surface area (TPSA) is 30.0 Å². The summed E-state index contributed by atoms with van der Waals surface area (Å²) in [6, 6.07) is 16.0. The highest BCUT2D eigenvalue weighted by Gasteiger charge is 2.05. The van der Waals surface area contributed by atoms with E-state index in [0.717, 1.165) is 24.3 Å². The molecule has 0 aliphatic heterocycles. The van der Waals surface area contributed by atoms with Crippen LogP contribution in [0.5, 0.6) is 0 Å². The average Bonchev–Trinajstić information content (AvgIpc) is 2.46. The van der Waals surface area contributed by atoms with E-state index in [9.17, 15) is 4.79 Å². The highest BCUT2D eigenvalue weighted by molar-refractivity contribution is 8.13. The van der Waals surface area contributed by atoms with Gasteiger partial charge in [0, 0.05) is 12.6 Å². The zero-order valence-corrected chi connectivity index (χ0v) is 11.6. The summed E-state index contributed by atoms with van der Waals surface area (Å²) in [5.41, 5.74) is 1.34. The van der Waals surface area contributed by atoms with E-state index in [1.165, 1.54) is 17.3 Å². The van der Waals surface area contributed by atoms with Gasteiger partial charge in [0.25, 0.3) is 0 Å². The Kier molecular flexibility index (Phi) is 5.63. The molecule has 0 aliphatic carbocycles. The fraction of sp³-hybridized carbons (Fsp3) is 0.250. The van der Waals surface area contributed by atoms with E-state index in [0.29, 0.717) is 6.42 Å². The van der Waals surface area contributed by atoms with Gasteiger partial charge in [-0.3, -0.25) is 4.79 Å². The van der Waals surface area contributed by atoms with Crippen LogP contribution in [-0.2, 0) is 11.2 Å². The van der Waals surface area contributed by atoms with E-state index in [2.05, 4.69) is 29.2 Å². The number of hydrogen-bond acceptors (Lipinski definition) is 3. The van der Waals surface area contributed by atoms with Crippen LogP contribution in [0.3, 0.4) is 0 Å². The van der Waals surface area contributed by atoms with Crippen LogP contribution in [0.25, 0.3) is 0 Å². The van der Waals surface area contributed by atoms with Gasteiger partial charge < -0.3 is 0 Å². The lowest BCUT2D eigenvalue weighted by molar-refractivity contribution is -0.111. The predicted molar refractivity (Wildman–Crippen MR) is 79.1 cm³/mol. The second kappa shape index (κ2) is 7.74. The fourth-order valence-corrected chi connectivity index (χ4v) is 2.56. The molecular weight excluding hydrogens is 254 g/mol. The van der Waals surface area contributed by atoms with Crippen LogP contribution in [0.4, 0.5) is 0 Å². The zero-order chi connectivity index (χ0) is 13.3. The van der Waals surface area contributed by atoms with Gasteiger partial charge in [0.15, 0.2) is 5.12 Å². The Morgan fingerprint density at radius 1 is 1.00 bits per heavy atom. The normalized spacial score (nSPS) is 10.3. The summed E-state index contributed by atoms with van der Waals surface area (Å²) < 4.78 is 0. The van der Waals surface area contributed by atoms with Crippen LogP contribution in [-0.4, -0.2) is 10.1 Å². The van der Waals surface area contributed by atoms with Crippen molar-refractivity contribution in [3.63, 3.8) is 0 Å². The van der Waals surface area contributed by atoms with Gasteiger partial charge in [-0.05, 0) is 48.7 Å². The molecule has 0 N–H and O–H groups in total. The van der Waals surface area contributed by atoms with Crippen molar-refractivity contribution >= 4 is 16.9 Å². The fourth-order valence-electron chi connectivity index (χ4n) is 1.82. The Morgan fingerprint density at radius 3 is 2.53 bits per heavy atom. The Labute approximate surface area is 118 Å². The maximum absolute atomic E-state index is 11.7. The monoisotopic (exact) mass is 271 g/mol. The second-order valence-electron chi connectivity index (χ2n) is 4.33. The van der Waals surface area contributed by atoms with Gasteiger partial charge >= 0.3 is 0 Å². The van der Waals surface area contributed by atoms with Crippen molar-refractivity contribution in [2.45, 2.75) is 30.7 Å².